The molecule has 0 amide bonds. The summed E-state index contributed by atoms with van der Waals surface area (Å²) in [4.78, 5) is 4.44. The molecule has 0 unspecified atom stereocenters. The Morgan fingerprint density at radius 2 is 2.06 bits per heavy atom. The van der Waals surface area contributed by atoms with Crippen LogP contribution in [0.4, 0.5) is 0 Å². The van der Waals surface area contributed by atoms with E-state index in [1.54, 1.807) is 0 Å². The first kappa shape index (κ1) is 11.9. The quantitative estimate of drug-likeness (QED) is 0.873. The highest BCUT2D eigenvalue weighted by Gasteiger charge is 2.14. The third-order valence-corrected chi connectivity index (χ3v) is 4.33. The number of thioether (sulfide) groups is 1. The van der Waals surface area contributed by atoms with Gasteiger partial charge in [-0.05, 0) is 30.9 Å². The molecule has 88 valence electrons. The van der Waals surface area contributed by atoms with Gasteiger partial charge in [-0.3, -0.25) is 0 Å². The minimum Gasteiger partial charge on any atom is -0.396 e. The Labute approximate surface area is 101 Å². The van der Waals surface area contributed by atoms with Gasteiger partial charge in [-0.1, -0.05) is 25.3 Å². The smallest absolute Gasteiger partial charge is 0.0962 e. The predicted molar refractivity (Wildman–Crippen MR) is 67.8 cm³/mol. The lowest BCUT2D eigenvalue weighted by Crippen LogP contribution is -2.08. The van der Waals surface area contributed by atoms with Crippen molar-refractivity contribution in [3.8, 4) is 0 Å². The second-order valence-corrected chi connectivity index (χ2v) is 5.68. The topological polar surface area (TPSA) is 33.1 Å². The van der Waals surface area contributed by atoms with E-state index in [1.807, 2.05) is 18.0 Å². The number of hydrogen-bond donors (Lipinski definition) is 1. The van der Waals surface area contributed by atoms with Gasteiger partial charge < -0.3 is 5.11 Å². The maximum Gasteiger partial charge on any atom is 0.0962 e. The monoisotopic (exact) mass is 237 g/mol. The molecule has 1 aliphatic carbocycles. The molecular weight excluding hydrogens is 218 g/mol. The Kier molecular flexibility index (Phi) is 4.67. The number of hydrogen-bond acceptors (Lipinski definition) is 3. The SMILES string of the molecule is OCCc1ccc(SC2CCCCC2)nc1. The van der Waals surface area contributed by atoms with E-state index in [9.17, 15) is 0 Å². The number of rotatable bonds is 4. The Morgan fingerprint density at radius 3 is 2.69 bits per heavy atom. The first-order valence-corrected chi connectivity index (χ1v) is 6.99. The fourth-order valence-corrected chi connectivity index (χ4v) is 3.28. The molecule has 0 aliphatic heterocycles. The average molecular weight is 237 g/mol. The average Bonchev–Trinajstić information content (AvgIpc) is 2.33. The molecule has 1 saturated carbocycles. The molecule has 3 heteroatoms. The van der Waals surface area contributed by atoms with Gasteiger partial charge in [-0.15, -0.1) is 11.8 Å². The van der Waals surface area contributed by atoms with Crippen LogP contribution in [0, 0.1) is 0 Å². The lowest BCUT2D eigenvalue weighted by atomic mass is 10.0. The van der Waals surface area contributed by atoms with Crippen LogP contribution in [0.1, 0.15) is 37.7 Å². The highest BCUT2D eigenvalue weighted by molar-refractivity contribution is 7.99. The van der Waals surface area contributed by atoms with Gasteiger partial charge in [0.2, 0.25) is 0 Å². The standard InChI is InChI=1S/C13H19NOS/c15-9-8-11-6-7-13(14-10-11)16-12-4-2-1-3-5-12/h6-7,10,12,15H,1-5,8-9H2. The van der Waals surface area contributed by atoms with Gasteiger partial charge in [0.25, 0.3) is 0 Å². The summed E-state index contributed by atoms with van der Waals surface area (Å²) in [5.74, 6) is 0. The summed E-state index contributed by atoms with van der Waals surface area (Å²) in [7, 11) is 0. The number of aliphatic hydroxyl groups is 1. The van der Waals surface area contributed by atoms with Crippen LogP contribution in [-0.4, -0.2) is 21.9 Å². The highest BCUT2D eigenvalue weighted by atomic mass is 32.2. The number of pyridine rings is 1. The Balaban J connectivity index is 1.88. The molecule has 1 aromatic rings. The Hall–Kier alpha value is -0.540. The molecule has 16 heavy (non-hydrogen) atoms. The molecule has 1 fully saturated rings. The summed E-state index contributed by atoms with van der Waals surface area (Å²) in [6.07, 6.45) is 9.43. The molecule has 0 spiro atoms. The van der Waals surface area contributed by atoms with E-state index < -0.39 is 0 Å². The fraction of sp³-hybridized carbons (Fsp3) is 0.615. The van der Waals surface area contributed by atoms with E-state index in [0.29, 0.717) is 6.42 Å². The highest BCUT2D eigenvalue weighted by Crippen LogP contribution is 2.32. The van der Waals surface area contributed by atoms with Crippen molar-refractivity contribution in [2.75, 3.05) is 6.61 Å². The van der Waals surface area contributed by atoms with Crippen LogP contribution in [0.15, 0.2) is 23.4 Å². The van der Waals surface area contributed by atoms with Gasteiger partial charge in [0.05, 0.1) is 5.03 Å². The number of nitrogens with zero attached hydrogens (tertiary/aromatic N) is 1. The van der Waals surface area contributed by atoms with Crippen molar-refractivity contribution < 1.29 is 5.11 Å². The van der Waals surface area contributed by atoms with Gasteiger partial charge in [-0.25, -0.2) is 4.98 Å². The van der Waals surface area contributed by atoms with Crippen LogP contribution in [0.3, 0.4) is 0 Å². The largest absolute Gasteiger partial charge is 0.396 e. The van der Waals surface area contributed by atoms with Crippen molar-refractivity contribution in [2.45, 2.75) is 48.8 Å². The van der Waals surface area contributed by atoms with E-state index in [1.165, 1.54) is 32.1 Å². The first-order chi connectivity index (χ1) is 7.88. The number of aliphatic hydroxyl groups excluding tert-OH is 1. The first-order valence-electron chi connectivity index (χ1n) is 6.11. The molecule has 2 rings (SSSR count). The van der Waals surface area contributed by atoms with E-state index in [2.05, 4.69) is 17.1 Å². The van der Waals surface area contributed by atoms with E-state index >= 15 is 0 Å². The van der Waals surface area contributed by atoms with Crippen LogP contribution in [0.2, 0.25) is 0 Å². The molecule has 0 saturated heterocycles. The lowest BCUT2D eigenvalue weighted by Gasteiger charge is -2.20. The van der Waals surface area contributed by atoms with Crippen LogP contribution in [0.5, 0.6) is 0 Å². The van der Waals surface area contributed by atoms with E-state index in [-0.39, 0.29) is 6.61 Å². The molecule has 0 atom stereocenters. The van der Waals surface area contributed by atoms with Crippen LogP contribution >= 0.6 is 11.8 Å². The van der Waals surface area contributed by atoms with Crippen molar-refractivity contribution in [3.05, 3.63) is 23.9 Å². The predicted octanol–water partition coefficient (Wildman–Crippen LogP) is 3.04. The Morgan fingerprint density at radius 1 is 1.25 bits per heavy atom. The molecule has 1 aromatic heterocycles. The molecular formula is C13H19NOS. The molecule has 1 N–H and O–H groups in total. The summed E-state index contributed by atoms with van der Waals surface area (Å²) in [5.41, 5.74) is 1.12. The molecule has 0 aromatic carbocycles. The molecule has 1 heterocycles. The van der Waals surface area contributed by atoms with Crippen molar-refractivity contribution in [1.29, 1.82) is 0 Å². The molecule has 0 radical (unpaired) electrons. The summed E-state index contributed by atoms with van der Waals surface area (Å²) in [6.45, 7) is 0.205. The third-order valence-electron chi connectivity index (χ3n) is 3.04. The van der Waals surface area contributed by atoms with Gasteiger partial charge in [-0.2, -0.15) is 0 Å². The van der Waals surface area contributed by atoms with Crippen LogP contribution in [-0.2, 0) is 6.42 Å². The van der Waals surface area contributed by atoms with Gasteiger partial charge in [0, 0.05) is 18.1 Å². The summed E-state index contributed by atoms with van der Waals surface area (Å²) < 4.78 is 0. The minimum atomic E-state index is 0.205. The van der Waals surface area contributed by atoms with E-state index in [4.69, 9.17) is 5.11 Å². The maximum atomic E-state index is 8.82. The normalized spacial score (nSPS) is 17.6. The van der Waals surface area contributed by atoms with Crippen LogP contribution in [0.25, 0.3) is 0 Å². The zero-order valence-electron chi connectivity index (χ0n) is 9.56. The van der Waals surface area contributed by atoms with Gasteiger partial charge in [0.15, 0.2) is 0 Å². The third kappa shape index (κ3) is 3.49. The van der Waals surface area contributed by atoms with Crippen molar-refractivity contribution in [1.82, 2.24) is 4.98 Å². The number of aromatic nitrogens is 1. The van der Waals surface area contributed by atoms with Crippen molar-refractivity contribution in [2.24, 2.45) is 0 Å². The fourth-order valence-electron chi connectivity index (χ4n) is 2.11. The second-order valence-electron chi connectivity index (χ2n) is 4.36. The molecule has 0 bridgehead atoms. The second kappa shape index (κ2) is 6.26. The summed E-state index contributed by atoms with van der Waals surface area (Å²) >= 11 is 1.92. The molecule has 1 aliphatic rings. The minimum absolute atomic E-state index is 0.205. The van der Waals surface area contributed by atoms with E-state index in [0.717, 1.165) is 15.8 Å². The summed E-state index contributed by atoms with van der Waals surface area (Å²) in [5, 5.41) is 10.7. The van der Waals surface area contributed by atoms with Gasteiger partial charge in [0.1, 0.15) is 0 Å². The van der Waals surface area contributed by atoms with Crippen LogP contribution < -0.4 is 0 Å². The van der Waals surface area contributed by atoms with Gasteiger partial charge >= 0.3 is 0 Å². The summed E-state index contributed by atoms with van der Waals surface area (Å²) in [6, 6.07) is 4.17. The van der Waals surface area contributed by atoms with Crippen molar-refractivity contribution in [3.63, 3.8) is 0 Å². The van der Waals surface area contributed by atoms with Crippen molar-refractivity contribution >= 4 is 11.8 Å². The lowest BCUT2D eigenvalue weighted by molar-refractivity contribution is 0.299. The zero-order valence-corrected chi connectivity index (χ0v) is 10.4. The molecule has 2 nitrogen and oxygen atoms in total. The maximum absolute atomic E-state index is 8.82. The Bertz CT molecular complexity index is 306. The zero-order chi connectivity index (χ0) is 11.2.